The highest BCUT2D eigenvalue weighted by Crippen LogP contribution is 2.21. The molecule has 0 aromatic rings. The Labute approximate surface area is 76.3 Å². The summed E-state index contributed by atoms with van der Waals surface area (Å²) in [7, 11) is 0. The predicted octanol–water partition coefficient (Wildman–Crippen LogP) is 0.692. The van der Waals surface area contributed by atoms with E-state index in [4.69, 9.17) is 9.84 Å². The number of carboxylic acid groups (broad SMARTS) is 1. The molecule has 0 unspecified atom stereocenters. The summed E-state index contributed by atoms with van der Waals surface area (Å²) in [6, 6.07) is 0. The number of aliphatic carboxylic acids is 1. The Kier molecular flexibility index (Phi) is 2.45. The van der Waals surface area contributed by atoms with E-state index in [-0.39, 0.29) is 13.0 Å². The highest BCUT2D eigenvalue weighted by molar-refractivity contribution is 5.72. The second kappa shape index (κ2) is 3.24. The first-order valence-corrected chi connectivity index (χ1v) is 4.10. The van der Waals surface area contributed by atoms with E-state index in [2.05, 4.69) is 0 Å². The van der Waals surface area contributed by atoms with Crippen molar-refractivity contribution in [2.45, 2.75) is 25.9 Å². The lowest BCUT2D eigenvalue weighted by Gasteiger charge is -2.14. The molecule has 0 saturated carbocycles. The zero-order valence-electron chi connectivity index (χ0n) is 7.74. The fourth-order valence-electron chi connectivity index (χ4n) is 1.26. The molecule has 0 atom stereocenters. The number of carbonyl (C=O) groups excluding carboxylic acids is 1. The SMILES string of the molecule is CC1(C)CN(CCC(=O)O)C(=O)O1. The normalized spacial score (nSPS) is 20.2. The van der Waals surface area contributed by atoms with Gasteiger partial charge in [-0.3, -0.25) is 4.79 Å². The molecule has 5 nitrogen and oxygen atoms in total. The second-order valence-electron chi connectivity index (χ2n) is 3.69. The molecule has 13 heavy (non-hydrogen) atoms. The van der Waals surface area contributed by atoms with Crippen LogP contribution in [-0.2, 0) is 9.53 Å². The molecule has 1 N–H and O–H groups in total. The van der Waals surface area contributed by atoms with Crippen LogP contribution in [0.2, 0.25) is 0 Å². The molecule has 1 aliphatic heterocycles. The number of rotatable bonds is 3. The number of cyclic esters (lactones) is 1. The van der Waals surface area contributed by atoms with Gasteiger partial charge in [0.15, 0.2) is 0 Å². The van der Waals surface area contributed by atoms with Gasteiger partial charge in [-0.25, -0.2) is 4.79 Å². The van der Waals surface area contributed by atoms with Crippen molar-refractivity contribution in [1.82, 2.24) is 4.90 Å². The lowest BCUT2D eigenvalue weighted by Crippen LogP contribution is -2.30. The minimum atomic E-state index is -0.905. The van der Waals surface area contributed by atoms with Crippen LogP contribution in [0.4, 0.5) is 4.79 Å². The Morgan fingerprint density at radius 3 is 2.69 bits per heavy atom. The van der Waals surface area contributed by atoms with Crippen molar-refractivity contribution >= 4 is 12.1 Å². The summed E-state index contributed by atoms with van der Waals surface area (Å²) in [6.07, 6.45) is -0.461. The third-order valence-corrected chi connectivity index (χ3v) is 1.79. The van der Waals surface area contributed by atoms with Crippen molar-refractivity contribution in [3.8, 4) is 0 Å². The molecule has 1 aliphatic rings. The number of hydrogen-bond acceptors (Lipinski definition) is 3. The number of hydrogen-bond donors (Lipinski definition) is 1. The summed E-state index contributed by atoms with van der Waals surface area (Å²) in [6.45, 7) is 4.27. The van der Waals surface area contributed by atoms with E-state index in [1.54, 1.807) is 13.8 Å². The molecular formula is C8H13NO4. The van der Waals surface area contributed by atoms with E-state index >= 15 is 0 Å². The zero-order chi connectivity index (χ0) is 10.1. The van der Waals surface area contributed by atoms with Crippen molar-refractivity contribution in [3.05, 3.63) is 0 Å². The van der Waals surface area contributed by atoms with E-state index in [0.29, 0.717) is 6.54 Å². The van der Waals surface area contributed by atoms with Gasteiger partial charge in [0.2, 0.25) is 0 Å². The standard InChI is InChI=1S/C8H13NO4/c1-8(2)5-9(7(12)13-8)4-3-6(10)11/h3-5H2,1-2H3,(H,10,11). The number of carbonyl (C=O) groups is 2. The first-order chi connectivity index (χ1) is 5.91. The van der Waals surface area contributed by atoms with E-state index < -0.39 is 17.7 Å². The minimum Gasteiger partial charge on any atom is -0.481 e. The monoisotopic (exact) mass is 187 g/mol. The third kappa shape index (κ3) is 2.61. The van der Waals surface area contributed by atoms with Crippen LogP contribution in [0.3, 0.4) is 0 Å². The summed E-state index contributed by atoms with van der Waals surface area (Å²) in [4.78, 5) is 22.8. The Balaban J connectivity index is 2.44. The van der Waals surface area contributed by atoms with Gasteiger partial charge >= 0.3 is 12.1 Å². The molecule has 1 heterocycles. The maximum Gasteiger partial charge on any atom is 0.410 e. The zero-order valence-corrected chi connectivity index (χ0v) is 7.74. The Bertz CT molecular complexity index is 236. The Hall–Kier alpha value is -1.26. The molecule has 1 saturated heterocycles. The van der Waals surface area contributed by atoms with Crippen LogP contribution < -0.4 is 0 Å². The molecular weight excluding hydrogens is 174 g/mol. The smallest absolute Gasteiger partial charge is 0.410 e. The van der Waals surface area contributed by atoms with Crippen LogP contribution in [0, 0.1) is 0 Å². The van der Waals surface area contributed by atoms with Crippen molar-refractivity contribution < 1.29 is 19.4 Å². The van der Waals surface area contributed by atoms with Crippen molar-refractivity contribution in [3.63, 3.8) is 0 Å². The molecule has 1 amide bonds. The fraction of sp³-hybridized carbons (Fsp3) is 0.750. The van der Waals surface area contributed by atoms with Crippen molar-refractivity contribution in [2.24, 2.45) is 0 Å². The fourth-order valence-corrected chi connectivity index (χ4v) is 1.26. The highest BCUT2D eigenvalue weighted by atomic mass is 16.6. The Morgan fingerprint density at radius 2 is 2.31 bits per heavy atom. The number of nitrogens with zero attached hydrogens (tertiary/aromatic N) is 1. The topological polar surface area (TPSA) is 66.8 Å². The highest BCUT2D eigenvalue weighted by Gasteiger charge is 2.37. The molecule has 0 spiro atoms. The van der Waals surface area contributed by atoms with Gasteiger partial charge in [0.05, 0.1) is 13.0 Å². The second-order valence-corrected chi connectivity index (χ2v) is 3.69. The minimum absolute atomic E-state index is 0.0365. The molecule has 0 radical (unpaired) electrons. The van der Waals surface area contributed by atoms with E-state index in [1.807, 2.05) is 0 Å². The number of amides is 1. The van der Waals surface area contributed by atoms with E-state index in [9.17, 15) is 9.59 Å². The van der Waals surface area contributed by atoms with Crippen molar-refractivity contribution in [1.29, 1.82) is 0 Å². The van der Waals surface area contributed by atoms with Gasteiger partial charge in [-0.15, -0.1) is 0 Å². The largest absolute Gasteiger partial charge is 0.481 e. The van der Waals surface area contributed by atoms with Gasteiger partial charge in [-0.05, 0) is 13.8 Å². The Morgan fingerprint density at radius 1 is 1.69 bits per heavy atom. The summed E-state index contributed by atoms with van der Waals surface area (Å²) in [5.41, 5.74) is -0.490. The predicted molar refractivity (Wildman–Crippen MR) is 44.4 cm³/mol. The molecule has 0 bridgehead atoms. The van der Waals surface area contributed by atoms with Gasteiger partial charge in [-0.2, -0.15) is 0 Å². The molecule has 5 heteroatoms. The van der Waals surface area contributed by atoms with E-state index in [1.165, 1.54) is 4.90 Å². The van der Waals surface area contributed by atoms with E-state index in [0.717, 1.165) is 0 Å². The van der Waals surface area contributed by atoms with Crippen LogP contribution in [0.15, 0.2) is 0 Å². The molecule has 74 valence electrons. The van der Waals surface area contributed by atoms with Crippen LogP contribution in [0.1, 0.15) is 20.3 Å². The first kappa shape index (κ1) is 9.83. The van der Waals surface area contributed by atoms with Gasteiger partial charge in [0, 0.05) is 6.54 Å². The molecule has 0 aromatic heterocycles. The average Bonchev–Trinajstić information content (AvgIpc) is 2.20. The first-order valence-electron chi connectivity index (χ1n) is 4.10. The lowest BCUT2D eigenvalue weighted by atomic mass is 10.1. The summed E-state index contributed by atoms with van der Waals surface area (Å²) in [5, 5.41) is 8.41. The third-order valence-electron chi connectivity index (χ3n) is 1.79. The molecule has 1 rings (SSSR count). The molecule has 0 aromatic carbocycles. The number of carboxylic acids is 1. The average molecular weight is 187 g/mol. The summed E-state index contributed by atoms with van der Waals surface area (Å²) >= 11 is 0. The van der Waals surface area contributed by atoms with Gasteiger partial charge < -0.3 is 14.7 Å². The van der Waals surface area contributed by atoms with Crippen LogP contribution in [0.25, 0.3) is 0 Å². The molecule has 0 aliphatic carbocycles. The quantitative estimate of drug-likeness (QED) is 0.706. The van der Waals surface area contributed by atoms with Crippen molar-refractivity contribution in [2.75, 3.05) is 13.1 Å². The summed E-state index contributed by atoms with van der Waals surface area (Å²) in [5.74, 6) is -0.905. The van der Waals surface area contributed by atoms with Gasteiger partial charge in [0.25, 0.3) is 0 Å². The van der Waals surface area contributed by atoms with Crippen LogP contribution in [-0.4, -0.2) is 40.8 Å². The van der Waals surface area contributed by atoms with Crippen LogP contribution in [0.5, 0.6) is 0 Å². The van der Waals surface area contributed by atoms with Gasteiger partial charge in [0.1, 0.15) is 5.60 Å². The van der Waals surface area contributed by atoms with Crippen LogP contribution >= 0.6 is 0 Å². The number of ether oxygens (including phenoxy) is 1. The van der Waals surface area contributed by atoms with Gasteiger partial charge in [-0.1, -0.05) is 0 Å². The summed E-state index contributed by atoms with van der Waals surface area (Å²) < 4.78 is 4.99. The molecule has 1 fully saturated rings. The lowest BCUT2D eigenvalue weighted by molar-refractivity contribution is -0.137. The maximum atomic E-state index is 11.1. The maximum absolute atomic E-state index is 11.1.